The summed E-state index contributed by atoms with van der Waals surface area (Å²) in [6.07, 6.45) is 0.599. The van der Waals surface area contributed by atoms with E-state index in [1.54, 1.807) is 32.4 Å². The van der Waals surface area contributed by atoms with Crippen LogP contribution in [0, 0.1) is 19.8 Å². The Balaban J connectivity index is 2.15. The van der Waals surface area contributed by atoms with E-state index < -0.39 is 10.0 Å². The van der Waals surface area contributed by atoms with E-state index in [-0.39, 0.29) is 16.9 Å². The molecular weight excluding hydrogens is 368 g/mol. The molecule has 1 aliphatic rings. The minimum atomic E-state index is -3.75. The maximum absolute atomic E-state index is 13.5. The SMILES string of the molecule is COc1cc2c(cc1OC)C(C(C)C)N(S(=O)(=O)c1c(C)noc1C)CC2. The number of ether oxygens (including phenoxy) is 2. The van der Waals surface area contributed by atoms with Crippen LogP contribution in [0.1, 0.15) is 42.5 Å². The average Bonchev–Trinajstić information content (AvgIpc) is 2.98. The number of fused-ring (bicyclic) bond motifs is 1. The lowest BCUT2D eigenvalue weighted by molar-refractivity contribution is 0.246. The molecule has 0 bridgehead atoms. The number of benzene rings is 1. The van der Waals surface area contributed by atoms with Gasteiger partial charge in [0.15, 0.2) is 17.3 Å². The fourth-order valence-electron chi connectivity index (χ4n) is 3.87. The number of sulfonamides is 1. The highest BCUT2D eigenvalue weighted by Gasteiger charge is 2.41. The molecule has 0 amide bonds. The van der Waals surface area contributed by atoms with Crippen LogP contribution >= 0.6 is 0 Å². The van der Waals surface area contributed by atoms with E-state index in [9.17, 15) is 8.42 Å². The van der Waals surface area contributed by atoms with Crippen molar-refractivity contribution in [3.63, 3.8) is 0 Å². The van der Waals surface area contributed by atoms with Gasteiger partial charge in [0, 0.05) is 6.54 Å². The van der Waals surface area contributed by atoms with Gasteiger partial charge in [0.1, 0.15) is 10.6 Å². The molecule has 1 aromatic heterocycles. The Labute approximate surface area is 160 Å². The maximum atomic E-state index is 13.5. The zero-order valence-corrected chi connectivity index (χ0v) is 17.4. The standard InChI is InChI=1S/C19H26N2O5S/c1-11(2)18-15-10-17(25-6)16(24-5)9-14(15)7-8-21(18)27(22,23)19-12(3)20-26-13(19)4/h9-11,18H,7-8H2,1-6H3. The lowest BCUT2D eigenvalue weighted by atomic mass is 9.87. The van der Waals surface area contributed by atoms with Gasteiger partial charge in [-0.25, -0.2) is 8.42 Å². The van der Waals surface area contributed by atoms with Crippen molar-refractivity contribution in [3.8, 4) is 11.5 Å². The van der Waals surface area contributed by atoms with Crippen LogP contribution in [0.15, 0.2) is 21.6 Å². The van der Waals surface area contributed by atoms with E-state index in [0.29, 0.717) is 35.9 Å². The fraction of sp³-hybridized carbons (Fsp3) is 0.526. The molecule has 148 valence electrons. The Bertz CT molecular complexity index is 930. The van der Waals surface area contributed by atoms with Gasteiger partial charge in [0.25, 0.3) is 0 Å². The van der Waals surface area contributed by atoms with Gasteiger partial charge in [-0.15, -0.1) is 0 Å². The van der Waals surface area contributed by atoms with E-state index in [1.807, 2.05) is 26.0 Å². The minimum absolute atomic E-state index is 0.0670. The van der Waals surface area contributed by atoms with Crippen LogP contribution in [-0.2, 0) is 16.4 Å². The molecule has 0 aliphatic carbocycles. The molecule has 3 rings (SSSR count). The summed E-state index contributed by atoms with van der Waals surface area (Å²) in [7, 11) is -0.570. The molecule has 1 aliphatic heterocycles. The molecule has 8 heteroatoms. The maximum Gasteiger partial charge on any atom is 0.249 e. The zero-order valence-electron chi connectivity index (χ0n) is 16.6. The average molecular weight is 394 g/mol. The number of methoxy groups -OCH3 is 2. The van der Waals surface area contributed by atoms with E-state index in [0.717, 1.165) is 11.1 Å². The Kier molecular flexibility index (Phi) is 5.22. The molecule has 2 aromatic rings. The molecule has 1 unspecified atom stereocenters. The van der Waals surface area contributed by atoms with Crippen LogP contribution in [0.5, 0.6) is 11.5 Å². The number of rotatable bonds is 5. The molecule has 0 saturated carbocycles. The predicted octanol–water partition coefficient (Wildman–Crippen LogP) is 3.25. The van der Waals surface area contributed by atoms with E-state index in [2.05, 4.69) is 5.16 Å². The van der Waals surface area contributed by atoms with Crippen molar-refractivity contribution in [3.05, 3.63) is 34.7 Å². The van der Waals surface area contributed by atoms with Crippen molar-refractivity contribution in [1.29, 1.82) is 0 Å². The molecule has 0 radical (unpaired) electrons. The van der Waals surface area contributed by atoms with Gasteiger partial charge in [-0.3, -0.25) is 0 Å². The first-order valence-electron chi connectivity index (χ1n) is 8.91. The Morgan fingerprint density at radius 2 is 1.81 bits per heavy atom. The summed E-state index contributed by atoms with van der Waals surface area (Å²) < 4.78 is 44.5. The molecule has 1 atom stereocenters. The number of nitrogens with zero attached hydrogens (tertiary/aromatic N) is 2. The molecule has 0 spiro atoms. The molecule has 0 fully saturated rings. The monoisotopic (exact) mass is 394 g/mol. The topological polar surface area (TPSA) is 81.9 Å². The van der Waals surface area contributed by atoms with Crippen molar-refractivity contribution in [2.75, 3.05) is 20.8 Å². The highest BCUT2D eigenvalue weighted by atomic mass is 32.2. The van der Waals surface area contributed by atoms with Crippen molar-refractivity contribution < 1.29 is 22.4 Å². The first-order valence-corrected chi connectivity index (χ1v) is 10.4. The van der Waals surface area contributed by atoms with Crippen molar-refractivity contribution in [1.82, 2.24) is 9.46 Å². The first-order chi connectivity index (χ1) is 12.7. The van der Waals surface area contributed by atoms with Crippen LogP contribution in [-0.4, -0.2) is 38.6 Å². The predicted molar refractivity (Wildman–Crippen MR) is 101 cm³/mol. The Morgan fingerprint density at radius 3 is 2.33 bits per heavy atom. The third-order valence-electron chi connectivity index (χ3n) is 5.04. The second kappa shape index (κ2) is 7.16. The van der Waals surface area contributed by atoms with Crippen LogP contribution in [0.3, 0.4) is 0 Å². The summed E-state index contributed by atoms with van der Waals surface area (Å²) >= 11 is 0. The summed E-state index contributed by atoms with van der Waals surface area (Å²) in [4.78, 5) is 0.164. The molecule has 27 heavy (non-hydrogen) atoms. The highest BCUT2D eigenvalue weighted by Crippen LogP contribution is 2.43. The molecular formula is C19H26N2O5S. The molecule has 0 saturated heterocycles. The largest absolute Gasteiger partial charge is 0.493 e. The summed E-state index contributed by atoms with van der Waals surface area (Å²) in [6, 6.07) is 3.53. The zero-order chi connectivity index (χ0) is 19.9. The van der Waals surface area contributed by atoms with Gasteiger partial charge >= 0.3 is 0 Å². The highest BCUT2D eigenvalue weighted by molar-refractivity contribution is 7.89. The van der Waals surface area contributed by atoms with Gasteiger partial charge in [0.05, 0.1) is 20.3 Å². The number of aromatic nitrogens is 1. The molecule has 7 nitrogen and oxygen atoms in total. The summed E-state index contributed by atoms with van der Waals surface area (Å²) in [5.41, 5.74) is 2.41. The Morgan fingerprint density at radius 1 is 1.19 bits per heavy atom. The quantitative estimate of drug-likeness (QED) is 0.774. The van der Waals surface area contributed by atoms with Crippen molar-refractivity contribution in [2.45, 2.75) is 45.1 Å². The summed E-state index contributed by atoms with van der Waals surface area (Å²) in [5.74, 6) is 1.63. The van der Waals surface area contributed by atoms with Gasteiger partial charge in [0.2, 0.25) is 10.0 Å². The second-order valence-corrected chi connectivity index (χ2v) is 8.94. The lowest BCUT2D eigenvalue weighted by Gasteiger charge is -2.39. The van der Waals surface area contributed by atoms with Crippen LogP contribution < -0.4 is 9.47 Å². The van der Waals surface area contributed by atoms with Crippen molar-refractivity contribution in [2.24, 2.45) is 5.92 Å². The van der Waals surface area contributed by atoms with E-state index >= 15 is 0 Å². The van der Waals surface area contributed by atoms with Crippen LogP contribution in [0.4, 0.5) is 0 Å². The van der Waals surface area contributed by atoms with Gasteiger partial charge in [-0.05, 0) is 49.4 Å². The number of aryl methyl sites for hydroxylation is 2. The van der Waals surface area contributed by atoms with Crippen molar-refractivity contribution >= 4 is 10.0 Å². The second-order valence-electron chi connectivity index (χ2n) is 7.11. The summed E-state index contributed by atoms with van der Waals surface area (Å²) in [5, 5.41) is 3.82. The van der Waals surface area contributed by atoms with Crippen LogP contribution in [0.25, 0.3) is 0 Å². The van der Waals surface area contributed by atoms with Gasteiger partial charge in [-0.1, -0.05) is 19.0 Å². The first kappa shape index (κ1) is 19.7. The van der Waals surface area contributed by atoms with E-state index in [1.165, 1.54) is 0 Å². The molecule has 1 aromatic carbocycles. The normalized spacial score (nSPS) is 17.8. The molecule has 0 N–H and O–H groups in total. The van der Waals surface area contributed by atoms with E-state index in [4.69, 9.17) is 14.0 Å². The minimum Gasteiger partial charge on any atom is -0.493 e. The molecule has 2 heterocycles. The third-order valence-corrected chi connectivity index (χ3v) is 7.17. The third kappa shape index (κ3) is 3.21. The van der Waals surface area contributed by atoms with Crippen LogP contribution in [0.2, 0.25) is 0 Å². The lowest BCUT2D eigenvalue weighted by Crippen LogP contribution is -2.42. The van der Waals surface area contributed by atoms with Gasteiger partial charge in [-0.2, -0.15) is 4.31 Å². The fourth-order valence-corrected chi connectivity index (χ4v) is 5.91. The number of hydrogen-bond donors (Lipinski definition) is 0. The smallest absolute Gasteiger partial charge is 0.249 e. The summed E-state index contributed by atoms with van der Waals surface area (Å²) in [6.45, 7) is 7.71. The Hall–Kier alpha value is -2.06. The van der Waals surface area contributed by atoms with Gasteiger partial charge < -0.3 is 14.0 Å². The number of hydrogen-bond acceptors (Lipinski definition) is 6.